The van der Waals surface area contributed by atoms with Crippen molar-refractivity contribution in [3.05, 3.63) is 89.5 Å². The maximum Gasteiger partial charge on any atom is 0.251 e. The minimum absolute atomic E-state index is 0.0443. The summed E-state index contributed by atoms with van der Waals surface area (Å²) in [5, 5.41) is 29.4. The largest absolute Gasteiger partial charge is 0.496 e. The molecule has 4 N–H and O–H groups in total. The van der Waals surface area contributed by atoms with Crippen molar-refractivity contribution >= 4 is 11.8 Å². The number of rotatable bonds is 14. The molecule has 286 valence electrons. The van der Waals surface area contributed by atoms with E-state index < -0.39 is 24.2 Å². The summed E-state index contributed by atoms with van der Waals surface area (Å²) in [5.74, 6) is 1.08. The van der Waals surface area contributed by atoms with E-state index in [0.717, 1.165) is 28.7 Å². The number of amides is 2. The van der Waals surface area contributed by atoms with Crippen LogP contribution in [0.4, 0.5) is 0 Å². The Balaban J connectivity index is 1.23. The van der Waals surface area contributed by atoms with Gasteiger partial charge in [0.25, 0.3) is 5.91 Å². The number of carbonyl (C=O) groups excluding carboxylic acids is 2. The minimum atomic E-state index is -0.892. The van der Waals surface area contributed by atoms with Crippen LogP contribution in [-0.4, -0.2) is 96.7 Å². The summed E-state index contributed by atoms with van der Waals surface area (Å²) in [6.45, 7) is 9.10. The second-order valence-corrected chi connectivity index (χ2v) is 16.4. The van der Waals surface area contributed by atoms with Crippen LogP contribution < -0.4 is 15.4 Å². The number of hydrogen-bond donors (Lipinski definition) is 4. The molecule has 10 heteroatoms. The van der Waals surface area contributed by atoms with Crippen LogP contribution in [-0.2, 0) is 22.6 Å². The molecule has 2 amide bonds. The summed E-state index contributed by atoms with van der Waals surface area (Å²) >= 11 is 0. The molecule has 3 aliphatic carbocycles. The van der Waals surface area contributed by atoms with Crippen molar-refractivity contribution in [2.75, 3.05) is 34.4 Å². The SMILES string of the molecule is COc1c(CN2O[C@@H](CO)[C@@H]([C@H](C)O)[C@H]2C(=O)N[C@H]2C[C@H]3C[C@@H]([C@@H]2C)C3(C)C)cccc1-c1cccc(C(=O)N[C@H](Cc2ccccc2)CN(C)C)c1. The number of nitrogens with zero attached hydrogens (tertiary/aromatic N) is 2. The summed E-state index contributed by atoms with van der Waals surface area (Å²) in [4.78, 5) is 36.2. The number of aliphatic hydroxyl groups excluding tert-OH is 2. The average molecular weight is 727 g/mol. The monoisotopic (exact) mass is 726 g/mol. The number of aliphatic hydroxyl groups is 2. The van der Waals surface area contributed by atoms with Crippen molar-refractivity contribution in [2.45, 2.75) is 83.8 Å². The number of hydrogen-bond acceptors (Lipinski definition) is 8. The van der Waals surface area contributed by atoms with Crippen molar-refractivity contribution in [1.29, 1.82) is 0 Å². The van der Waals surface area contributed by atoms with Crippen LogP contribution in [0.5, 0.6) is 5.75 Å². The molecule has 3 aromatic rings. The Kier molecular flexibility index (Phi) is 12.0. The summed E-state index contributed by atoms with van der Waals surface area (Å²) in [7, 11) is 5.61. The van der Waals surface area contributed by atoms with Crippen LogP contribution >= 0.6 is 0 Å². The normalized spacial score (nSPS) is 27.5. The molecule has 4 fully saturated rings. The highest BCUT2D eigenvalue weighted by molar-refractivity contribution is 5.96. The Labute approximate surface area is 314 Å². The Bertz CT molecular complexity index is 1730. The lowest BCUT2D eigenvalue weighted by molar-refractivity contribution is -0.183. The van der Waals surface area contributed by atoms with E-state index in [4.69, 9.17) is 9.57 Å². The summed E-state index contributed by atoms with van der Waals surface area (Å²) < 4.78 is 6.02. The smallest absolute Gasteiger partial charge is 0.251 e. The molecule has 1 aliphatic heterocycles. The van der Waals surface area contributed by atoms with Gasteiger partial charge < -0.3 is 30.5 Å². The molecule has 3 aromatic carbocycles. The molecule has 53 heavy (non-hydrogen) atoms. The zero-order valence-corrected chi connectivity index (χ0v) is 32.3. The van der Waals surface area contributed by atoms with E-state index in [1.54, 1.807) is 19.1 Å². The molecule has 4 aliphatic rings. The lowest BCUT2D eigenvalue weighted by Gasteiger charge is -2.62. The van der Waals surface area contributed by atoms with Gasteiger partial charge in [-0.05, 0) is 86.7 Å². The maximum atomic E-state index is 14.2. The zero-order valence-electron chi connectivity index (χ0n) is 32.3. The second kappa shape index (κ2) is 16.3. The summed E-state index contributed by atoms with van der Waals surface area (Å²) in [6.07, 6.45) is 1.21. The van der Waals surface area contributed by atoms with Crippen LogP contribution in [0.2, 0.25) is 0 Å². The number of ether oxygens (including phenoxy) is 1. The van der Waals surface area contributed by atoms with Gasteiger partial charge in [0, 0.05) is 41.2 Å². The molecule has 1 heterocycles. The first-order valence-electron chi connectivity index (χ1n) is 19.1. The highest BCUT2D eigenvalue weighted by atomic mass is 16.7. The molecule has 3 saturated carbocycles. The average Bonchev–Trinajstić information content (AvgIpc) is 3.51. The molecule has 0 unspecified atom stereocenters. The van der Waals surface area contributed by atoms with Gasteiger partial charge in [-0.1, -0.05) is 81.4 Å². The first kappa shape index (κ1) is 38.9. The van der Waals surface area contributed by atoms with Crippen molar-refractivity contribution in [3.8, 4) is 16.9 Å². The van der Waals surface area contributed by atoms with Crippen LogP contribution in [0.1, 0.15) is 62.0 Å². The predicted molar refractivity (Wildman–Crippen MR) is 206 cm³/mol. The van der Waals surface area contributed by atoms with E-state index in [0.29, 0.717) is 42.0 Å². The minimum Gasteiger partial charge on any atom is -0.496 e. The number of benzene rings is 3. The fourth-order valence-corrected chi connectivity index (χ4v) is 9.43. The highest BCUT2D eigenvalue weighted by Crippen LogP contribution is 2.61. The van der Waals surface area contributed by atoms with Crippen molar-refractivity contribution < 1.29 is 29.4 Å². The maximum absolute atomic E-state index is 14.2. The molecule has 10 nitrogen and oxygen atoms in total. The number of fused-ring (bicyclic) bond motifs is 2. The van der Waals surface area contributed by atoms with Crippen molar-refractivity contribution in [1.82, 2.24) is 20.6 Å². The van der Waals surface area contributed by atoms with Gasteiger partial charge in [0.2, 0.25) is 5.91 Å². The van der Waals surface area contributed by atoms with Crippen LogP contribution in [0, 0.1) is 29.1 Å². The number of likely N-dealkylation sites (N-methyl/N-ethyl adjacent to an activating group) is 1. The van der Waals surface area contributed by atoms with Crippen LogP contribution in [0.3, 0.4) is 0 Å². The summed E-state index contributed by atoms with van der Waals surface area (Å²) in [5.41, 5.74) is 4.35. The third-order valence-electron chi connectivity index (χ3n) is 12.4. The van der Waals surface area contributed by atoms with Gasteiger partial charge in [0.15, 0.2) is 0 Å². The molecular formula is C43H58N4O6. The van der Waals surface area contributed by atoms with Crippen molar-refractivity contribution in [3.63, 3.8) is 0 Å². The lowest BCUT2D eigenvalue weighted by Crippen LogP contribution is -2.62. The molecule has 2 bridgehead atoms. The Morgan fingerprint density at radius 1 is 1.06 bits per heavy atom. The molecule has 0 spiro atoms. The number of nitrogens with one attached hydrogen (secondary N) is 2. The van der Waals surface area contributed by atoms with Gasteiger partial charge in [0.1, 0.15) is 17.9 Å². The molecule has 1 saturated heterocycles. The van der Waals surface area contributed by atoms with Crippen LogP contribution in [0.25, 0.3) is 11.1 Å². The first-order valence-corrected chi connectivity index (χ1v) is 19.1. The fraction of sp³-hybridized carbons (Fsp3) is 0.535. The van der Waals surface area contributed by atoms with E-state index in [1.807, 2.05) is 74.8 Å². The number of hydroxylamine groups is 2. The van der Waals surface area contributed by atoms with E-state index in [1.165, 1.54) is 6.42 Å². The summed E-state index contributed by atoms with van der Waals surface area (Å²) in [6, 6.07) is 22.6. The number of methoxy groups -OCH3 is 1. The third-order valence-corrected chi connectivity index (χ3v) is 12.4. The fourth-order valence-electron chi connectivity index (χ4n) is 9.43. The Morgan fingerprint density at radius 3 is 2.43 bits per heavy atom. The highest BCUT2D eigenvalue weighted by Gasteiger charge is 2.57. The van der Waals surface area contributed by atoms with Crippen molar-refractivity contribution in [2.24, 2.45) is 29.1 Å². The van der Waals surface area contributed by atoms with Gasteiger partial charge in [-0.15, -0.1) is 0 Å². The quantitative estimate of drug-likeness (QED) is 0.185. The molecule has 9 atom stereocenters. The molecular weight excluding hydrogens is 668 g/mol. The van der Waals surface area contributed by atoms with E-state index in [-0.39, 0.29) is 42.5 Å². The van der Waals surface area contributed by atoms with E-state index >= 15 is 0 Å². The number of para-hydroxylation sites is 1. The van der Waals surface area contributed by atoms with Gasteiger partial charge in [-0.3, -0.25) is 14.4 Å². The van der Waals surface area contributed by atoms with Crippen LogP contribution in [0.15, 0.2) is 72.8 Å². The van der Waals surface area contributed by atoms with Gasteiger partial charge in [-0.25, -0.2) is 0 Å². The van der Waals surface area contributed by atoms with E-state index in [9.17, 15) is 19.8 Å². The lowest BCUT2D eigenvalue weighted by atomic mass is 9.45. The number of carbonyl (C=O) groups is 2. The Morgan fingerprint density at radius 2 is 1.79 bits per heavy atom. The second-order valence-electron chi connectivity index (χ2n) is 16.4. The molecule has 0 aromatic heterocycles. The van der Waals surface area contributed by atoms with E-state index in [2.05, 4.69) is 48.4 Å². The zero-order chi connectivity index (χ0) is 38.0. The van der Waals surface area contributed by atoms with Gasteiger partial charge in [0.05, 0.1) is 26.4 Å². The predicted octanol–water partition coefficient (Wildman–Crippen LogP) is 4.93. The van der Waals surface area contributed by atoms with Gasteiger partial charge >= 0.3 is 0 Å². The molecule has 7 rings (SSSR count). The first-order chi connectivity index (χ1) is 25.3. The topological polar surface area (TPSA) is 124 Å². The third kappa shape index (κ3) is 8.17. The Hall–Kier alpha value is -3.80. The molecule has 0 radical (unpaired) electrons. The van der Waals surface area contributed by atoms with Gasteiger partial charge in [-0.2, -0.15) is 5.06 Å². The standard InChI is InChI=1S/C43H58N4O6/c1-26-35-21-32(43(35,3)4)22-36(26)45-42(51)39-38(27(2)49)37(25-48)53-47(39)23-31-17-12-18-34(40(31)52-7)29-15-11-16-30(20-29)41(50)44-33(24-46(5)6)19-28-13-9-8-10-14-28/h8-18,20,26-27,32-33,35-39,48-49H,19,21-25H2,1-7H3,(H,44,50)(H,45,51)/t26-,27-,32+,33+,35-,36-,37-,38+,39-/m0/s1.